The fourth-order valence-electron chi connectivity index (χ4n) is 2.63. The lowest BCUT2D eigenvalue weighted by atomic mass is 10.1. The molecule has 0 unspecified atom stereocenters. The Balaban J connectivity index is 2.13. The molecule has 1 aliphatic heterocycles. The van der Waals surface area contributed by atoms with Gasteiger partial charge in [0.25, 0.3) is 0 Å². The number of carbonyl (C=O) groups excluding carboxylic acids is 2. The van der Waals surface area contributed by atoms with E-state index in [4.69, 9.17) is 14.2 Å². The fraction of sp³-hybridized carbons (Fsp3) is 0.0952. The monoisotopic (exact) mass is 378 g/mol. The molecule has 0 saturated heterocycles. The Hall–Kier alpha value is -3.87. The number of nitrogens with zero attached hydrogens (tertiary/aromatic N) is 2. The molecule has 2 heterocycles. The van der Waals surface area contributed by atoms with Crippen molar-refractivity contribution in [1.82, 2.24) is 4.98 Å². The van der Waals surface area contributed by atoms with Crippen LogP contribution in [0, 0.1) is 0 Å². The Morgan fingerprint density at radius 3 is 2.46 bits per heavy atom. The maximum atomic E-state index is 12.6. The fourth-order valence-corrected chi connectivity index (χ4v) is 2.63. The quantitative estimate of drug-likeness (QED) is 0.738. The second-order valence-corrected chi connectivity index (χ2v) is 5.57. The van der Waals surface area contributed by atoms with E-state index in [1.165, 1.54) is 25.2 Å². The van der Waals surface area contributed by atoms with E-state index in [0.717, 1.165) is 0 Å². The highest BCUT2D eigenvalue weighted by Crippen LogP contribution is 2.36. The third-order valence-corrected chi connectivity index (χ3v) is 3.88. The van der Waals surface area contributed by atoms with Crippen LogP contribution in [0.25, 0.3) is 0 Å². The van der Waals surface area contributed by atoms with Crippen LogP contribution in [-0.2, 0) is 19.1 Å². The van der Waals surface area contributed by atoms with Gasteiger partial charge >= 0.3 is 11.9 Å². The number of allylic oxidation sites excluding steroid dienone is 2. The van der Waals surface area contributed by atoms with Gasteiger partial charge in [-0.05, 0) is 36.4 Å². The first-order valence-electron chi connectivity index (χ1n) is 8.37. The van der Waals surface area contributed by atoms with Gasteiger partial charge in [-0.2, -0.15) is 0 Å². The van der Waals surface area contributed by atoms with Crippen LogP contribution in [-0.4, -0.2) is 31.1 Å². The smallest absolute Gasteiger partial charge is 0.355 e. The molecule has 1 aromatic carbocycles. The molecule has 7 nitrogen and oxygen atoms in total. The lowest BCUT2D eigenvalue weighted by molar-refractivity contribution is -0.139. The SMILES string of the molecule is COC(=O)C1=C(C(=O)OC)N(c2ccccc2Oc2cccnc2)C=CC=C1. The van der Waals surface area contributed by atoms with Crippen LogP contribution < -0.4 is 9.64 Å². The lowest BCUT2D eigenvalue weighted by Crippen LogP contribution is -2.27. The summed E-state index contributed by atoms with van der Waals surface area (Å²) in [6.45, 7) is 0. The zero-order valence-electron chi connectivity index (χ0n) is 15.4. The Bertz CT molecular complexity index is 964. The summed E-state index contributed by atoms with van der Waals surface area (Å²) in [6.07, 6.45) is 9.69. The lowest BCUT2D eigenvalue weighted by Gasteiger charge is -2.25. The Morgan fingerprint density at radius 2 is 1.75 bits per heavy atom. The Kier molecular flexibility index (Phi) is 5.86. The minimum Gasteiger partial charge on any atom is -0.465 e. The molecule has 0 atom stereocenters. The summed E-state index contributed by atoms with van der Waals surface area (Å²) < 4.78 is 15.7. The van der Waals surface area contributed by atoms with Gasteiger partial charge in [-0.15, -0.1) is 0 Å². The molecule has 1 aliphatic rings. The van der Waals surface area contributed by atoms with Crippen LogP contribution in [0.15, 0.2) is 84.5 Å². The first-order chi connectivity index (χ1) is 13.7. The van der Waals surface area contributed by atoms with E-state index < -0.39 is 11.9 Å². The van der Waals surface area contributed by atoms with Gasteiger partial charge in [0.15, 0.2) is 5.75 Å². The Labute approximate surface area is 162 Å². The van der Waals surface area contributed by atoms with Crippen molar-refractivity contribution < 1.29 is 23.8 Å². The molecule has 0 N–H and O–H groups in total. The average molecular weight is 378 g/mol. The third-order valence-electron chi connectivity index (χ3n) is 3.88. The molecule has 0 saturated carbocycles. The van der Waals surface area contributed by atoms with Gasteiger partial charge < -0.3 is 19.1 Å². The van der Waals surface area contributed by atoms with Crippen LogP contribution in [0.1, 0.15) is 0 Å². The van der Waals surface area contributed by atoms with Crippen LogP contribution in [0.4, 0.5) is 5.69 Å². The normalized spacial score (nSPS) is 13.1. The number of ether oxygens (including phenoxy) is 3. The standard InChI is InChI=1S/C21H18N2O5/c1-26-20(24)16-9-5-6-13-23(19(16)21(25)27-2)17-10-3-4-11-18(17)28-15-8-7-12-22-14-15/h3-14H,1-2H3. The first-order valence-corrected chi connectivity index (χ1v) is 8.37. The van der Waals surface area contributed by atoms with Crippen molar-refractivity contribution in [2.45, 2.75) is 0 Å². The molecule has 7 heteroatoms. The maximum Gasteiger partial charge on any atom is 0.355 e. The molecule has 28 heavy (non-hydrogen) atoms. The second-order valence-electron chi connectivity index (χ2n) is 5.57. The van der Waals surface area contributed by atoms with Crippen molar-refractivity contribution in [3.63, 3.8) is 0 Å². The minimum absolute atomic E-state index is 0.0154. The molecule has 142 valence electrons. The number of hydrogen-bond acceptors (Lipinski definition) is 7. The highest BCUT2D eigenvalue weighted by Gasteiger charge is 2.28. The highest BCUT2D eigenvalue weighted by atomic mass is 16.5. The van der Waals surface area contributed by atoms with Gasteiger partial charge in [-0.1, -0.05) is 18.2 Å². The third kappa shape index (κ3) is 3.93. The number of aromatic nitrogens is 1. The second kappa shape index (κ2) is 8.68. The zero-order valence-corrected chi connectivity index (χ0v) is 15.4. The predicted octanol–water partition coefficient (Wildman–Crippen LogP) is 3.36. The van der Waals surface area contributed by atoms with Crippen molar-refractivity contribution in [3.8, 4) is 11.5 Å². The van der Waals surface area contributed by atoms with Gasteiger partial charge in [0.2, 0.25) is 0 Å². The molecular formula is C21H18N2O5. The van der Waals surface area contributed by atoms with Crippen LogP contribution >= 0.6 is 0 Å². The molecule has 0 spiro atoms. The summed E-state index contributed by atoms with van der Waals surface area (Å²) >= 11 is 0. The van der Waals surface area contributed by atoms with E-state index in [2.05, 4.69) is 4.98 Å². The number of carbonyl (C=O) groups is 2. The van der Waals surface area contributed by atoms with Gasteiger partial charge in [-0.25, -0.2) is 9.59 Å². The minimum atomic E-state index is -0.687. The Morgan fingerprint density at radius 1 is 0.964 bits per heavy atom. The summed E-state index contributed by atoms with van der Waals surface area (Å²) in [4.78, 5) is 30.4. The van der Waals surface area contributed by atoms with Gasteiger partial charge in [0.05, 0.1) is 31.7 Å². The summed E-state index contributed by atoms with van der Waals surface area (Å²) in [5.74, 6) is -0.347. The molecule has 1 aromatic heterocycles. The maximum absolute atomic E-state index is 12.6. The van der Waals surface area contributed by atoms with Gasteiger partial charge in [0.1, 0.15) is 11.4 Å². The number of rotatable bonds is 5. The van der Waals surface area contributed by atoms with E-state index in [0.29, 0.717) is 17.2 Å². The molecule has 0 aliphatic carbocycles. The van der Waals surface area contributed by atoms with Crippen LogP contribution in [0.2, 0.25) is 0 Å². The summed E-state index contributed by atoms with van der Waals surface area (Å²) in [5.41, 5.74) is 0.616. The first kappa shape index (κ1) is 18.9. The highest BCUT2D eigenvalue weighted by molar-refractivity contribution is 6.05. The van der Waals surface area contributed by atoms with E-state index in [9.17, 15) is 9.59 Å². The van der Waals surface area contributed by atoms with E-state index in [1.54, 1.807) is 67.1 Å². The van der Waals surface area contributed by atoms with Crippen molar-refractivity contribution in [3.05, 3.63) is 84.5 Å². The average Bonchev–Trinajstić information content (AvgIpc) is 2.96. The van der Waals surface area contributed by atoms with Crippen molar-refractivity contribution in [1.29, 1.82) is 0 Å². The van der Waals surface area contributed by atoms with Crippen molar-refractivity contribution in [2.24, 2.45) is 0 Å². The van der Waals surface area contributed by atoms with E-state index >= 15 is 0 Å². The molecule has 2 aromatic rings. The number of pyridine rings is 1. The number of esters is 2. The molecule has 0 amide bonds. The summed E-state index contributed by atoms with van der Waals surface area (Å²) in [7, 11) is 2.50. The number of anilines is 1. The largest absolute Gasteiger partial charge is 0.465 e. The predicted molar refractivity (Wildman–Crippen MR) is 103 cm³/mol. The van der Waals surface area contributed by atoms with Crippen molar-refractivity contribution >= 4 is 17.6 Å². The summed E-state index contributed by atoms with van der Waals surface area (Å²) in [6, 6.07) is 10.6. The van der Waals surface area contributed by atoms with Crippen LogP contribution in [0.3, 0.4) is 0 Å². The number of methoxy groups -OCH3 is 2. The van der Waals surface area contributed by atoms with Gasteiger partial charge in [0, 0.05) is 12.4 Å². The van der Waals surface area contributed by atoms with Crippen molar-refractivity contribution in [2.75, 3.05) is 19.1 Å². The van der Waals surface area contributed by atoms with Gasteiger partial charge in [-0.3, -0.25) is 4.98 Å². The zero-order chi connectivity index (χ0) is 19.9. The molecule has 0 bridgehead atoms. The summed E-state index contributed by atoms with van der Waals surface area (Å²) in [5, 5.41) is 0. The van der Waals surface area contributed by atoms with Crippen LogP contribution in [0.5, 0.6) is 11.5 Å². The number of benzene rings is 1. The molecule has 0 fully saturated rings. The van der Waals surface area contributed by atoms with E-state index in [-0.39, 0.29) is 11.3 Å². The number of para-hydroxylation sites is 2. The molecule has 3 rings (SSSR count). The van der Waals surface area contributed by atoms with E-state index in [1.807, 2.05) is 0 Å². The molecule has 0 radical (unpaired) electrons. The molecular weight excluding hydrogens is 360 g/mol. The topological polar surface area (TPSA) is 78.0 Å². The number of hydrogen-bond donors (Lipinski definition) is 0.